The number of hydrogen-bond donors (Lipinski definition) is 2. The van der Waals surface area contributed by atoms with Gasteiger partial charge in [0.1, 0.15) is 11.5 Å². The number of aliphatic hydroxyl groups excluding tert-OH is 1. The van der Waals surface area contributed by atoms with Crippen LogP contribution >= 0.6 is 0 Å². The number of nitrogens with one attached hydrogen (secondary N) is 1. The molecule has 5 aromatic heterocycles. The molecule has 13 heteroatoms. The largest absolute Gasteiger partial charge is 0.392 e. The number of hydrogen-bond acceptors (Lipinski definition) is 10. The second-order valence-electron chi connectivity index (χ2n) is 13.0. The third-order valence-corrected chi connectivity index (χ3v) is 10.1. The minimum Gasteiger partial charge on any atom is -0.392 e. The number of piperazine rings is 1. The Hall–Kier alpha value is -5.11. The number of fused-ring (bicyclic) bond motifs is 3. The average Bonchev–Trinajstić information content (AvgIpc) is 3.49. The summed E-state index contributed by atoms with van der Waals surface area (Å²) >= 11 is 0. The van der Waals surface area contributed by atoms with E-state index in [0.717, 1.165) is 75.6 Å². The molecule has 1 unspecified atom stereocenters. The lowest BCUT2D eigenvalue weighted by Gasteiger charge is -2.46. The molecule has 252 valence electrons. The molecule has 2 N–H and O–H groups in total. The molecule has 8 heterocycles. The van der Waals surface area contributed by atoms with E-state index in [9.17, 15) is 14.7 Å². The van der Waals surface area contributed by atoms with Crippen molar-refractivity contribution in [1.29, 1.82) is 0 Å². The molecule has 0 aromatic carbocycles. The summed E-state index contributed by atoms with van der Waals surface area (Å²) in [5.74, 6) is 0.770. The fourth-order valence-electron chi connectivity index (χ4n) is 7.33. The predicted octanol–water partition coefficient (Wildman–Crippen LogP) is 2.99. The topological polar surface area (TPSA) is 136 Å². The summed E-state index contributed by atoms with van der Waals surface area (Å²) in [6, 6.07) is 9.96. The van der Waals surface area contributed by atoms with Gasteiger partial charge in [0, 0.05) is 62.4 Å². The Morgan fingerprint density at radius 2 is 1.94 bits per heavy atom. The maximum atomic E-state index is 13.7. The summed E-state index contributed by atoms with van der Waals surface area (Å²) in [5, 5.41) is 18.9. The number of ether oxygens (including phenoxy) is 1. The molecular formula is C36H39N9O4. The van der Waals surface area contributed by atoms with E-state index in [-0.39, 0.29) is 29.6 Å². The van der Waals surface area contributed by atoms with Crippen molar-refractivity contribution in [3.8, 4) is 16.9 Å². The molecule has 8 rings (SSSR count). The highest BCUT2D eigenvalue weighted by Crippen LogP contribution is 2.30. The molecule has 2 fully saturated rings. The first-order valence-electron chi connectivity index (χ1n) is 16.8. The SMILES string of the molecule is C=CC1CN(C2COC2)CCN1c1ccc(Nc2cc(-c3ccnc(-n4ncc5c(cc6n5CCCC6)c4=O)c3CO)cn(C)c2=O)nc1. The summed E-state index contributed by atoms with van der Waals surface area (Å²) in [4.78, 5) is 40.9. The molecule has 1 atom stereocenters. The molecule has 0 radical (unpaired) electrons. The van der Waals surface area contributed by atoms with E-state index in [2.05, 4.69) is 41.3 Å². The summed E-state index contributed by atoms with van der Waals surface area (Å²) < 4.78 is 10.3. The van der Waals surface area contributed by atoms with Crippen molar-refractivity contribution in [2.24, 2.45) is 7.05 Å². The molecule has 3 aliphatic rings. The third kappa shape index (κ3) is 5.53. The van der Waals surface area contributed by atoms with Crippen LogP contribution in [0.25, 0.3) is 27.8 Å². The Morgan fingerprint density at radius 3 is 2.69 bits per heavy atom. The highest BCUT2D eigenvalue weighted by atomic mass is 16.5. The van der Waals surface area contributed by atoms with Crippen molar-refractivity contribution >= 4 is 28.1 Å². The zero-order chi connectivity index (χ0) is 33.6. The van der Waals surface area contributed by atoms with Gasteiger partial charge in [-0.2, -0.15) is 9.78 Å². The van der Waals surface area contributed by atoms with E-state index in [4.69, 9.17) is 4.74 Å². The van der Waals surface area contributed by atoms with Gasteiger partial charge >= 0.3 is 0 Å². The van der Waals surface area contributed by atoms with Gasteiger partial charge in [0.2, 0.25) is 0 Å². The van der Waals surface area contributed by atoms with E-state index >= 15 is 0 Å². The third-order valence-electron chi connectivity index (χ3n) is 10.1. The molecule has 13 nitrogen and oxygen atoms in total. The van der Waals surface area contributed by atoms with E-state index < -0.39 is 0 Å². The predicted molar refractivity (Wildman–Crippen MR) is 188 cm³/mol. The number of rotatable bonds is 8. The smallest absolute Gasteiger partial charge is 0.282 e. The molecule has 5 aromatic rings. The quantitative estimate of drug-likeness (QED) is 0.239. The first-order valence-corrected chi connectivity index (χ1v) is 16.8. The van der Waals surface area contributed by atoms with E-state index in [1.165, 1.54) is 9.25 Å². The van der Waals surface area contributed by atoms with E-state index in [0.29, 0.717) is 39.6 Å². The summed E-state index contributed by atoms with van der Waals surface area (Å²) in [7, 11) is 1.67. The lowest BCUT2D eigenvalue weighted by Crippen LogP contribution is -2.60. The molecular weight excluding hydrogens is 622 g/mol. The van der Waals surface area contributed by atoms with Crippen LogP contribution in [0.15, 0.2) is 77.4 Å². The summed E-state index contributed by atoms with van der Waals surface area (Å²) in [5.41, 5.74) is 4.44. The maximum Gasteiger partial charge on any atom is 0.282 e. The Kier molecular flexibility index (Phi) is 8.10. The number of pyridine rings is 3. The number of aromatic nitrogens is 6. The minimum atomic E-state index is -0.389. The maximum absolute atomic E-state index is 13.7. The Balaban J connectivity index is 1.08. The second-order valence-corrected chi connectivity index (χ2v) is 13.0. The normalized spacial score (nSPS) is 18.3. The van der Waals surface area contributed by atoms with E-state index in [1.54, 1.807) is 37.8 Å². The highest BCUT2D eigenvalue weighted by molar-refractivity contribution is 5.80. The lowest BCUT2D eigenvalue weighted by molar-refractivity contribution is -0.0682. The van der Waals surface area contributed by atoms with Crippen molar-refractivity contribution < 1.29 is 9.84 Å². The lowest BCUT2D eigenvalue weighted by atomic mass is 10.0. The first-order chi connectivity index (χ1) is 23.9. The van der Waals surface area contributed by atoms with Crippen molar-refractivity contribution in [2.45, 2.75) is 44.5 Å². The first kappa shape index (κ1) is 31.2. The number of aliphatic hydroxyl groups is 1. The van der Waals surface area contributed by atoms with Gasteiger partial charge in [-0.25, -0.2) is 9.97 Å². The molecule has 3 aliphatic heterocycles. The van der Waals surface area contributed by atoms with Gasteiger partial charge < -0.3 is 29.2 Å². The van der Waals surface area contributed by atoms with Gasteiger partial charge in [-0.1, -0.05) is 6.08 Å². The van der Waals surface area contributed by atoms with Crippen LogP contribution in [-0.4, -0.2) is 83.8 Å². The van der Waals surface area contributed by atoms with Crippen LogP contribution in [0.3, 0.4) is 0 Å². The van der Waals surface area contributed by atoms with E-state index in [1.807, 2.05) is 30.5 Å². The molecule has 0 saturated carbocycles. The van der Waals surface area contributed by atoms with Crippen LogP contribution in [0.1, 0.15) is 24.1 Å². The number of anilines is 3. The number of aryl methyl sites for hydroxylation is 3. The fourth-order valence-corrected chi connectivity index (χ4v) is 7.33. The average molecular weight is 662 g/mol. The van der Waals surface area contributed by atoms with Crippen LogP contribution in [-0.2, 0) is 31.4 Å². The molecule has 0 bridgehead atoms. The Bertz CT molecular complexity index is 2170. The molecule has 0 amide bonds. The van der Waals surface area contributed by atoms with Crippen molar-refractivity contribution in [1.82, 2.24) is 33.8 Å². The van der Waals surface area contributed by atoms with Gasteiger partial charge in [0.15, 0.2) is 5.82 Å². The van der Waals surface area contributed by atoms with Gasteiger partial charge in [-0.15, -0.1) is 6.58 Å². The minimum absolute atomic E-state index is 0.159. The Labute approximate surface area is 282 Å². The molecule has 49 heavy (non-hydrogen) atoms. The zero-order valence-corrected chi connectivity index (χ0v) is 27.5. The summed E-state index contributed by atoms with van der Waals surface area (Å²) in [6.45, 7) is 8.83. The molecule has 0 spiro atoms. The van der Waals surface area contributed by atoms with Crippen LogP contribution < -0.4 is 21.3 Å². The highest BCUT2D eigenvalue weighted by Gasteiger charge is 2.33. The standard InChI is InChI=1S/C36H39N9O4/c1-3-24-19-42(27-21-49-22-27)12-13-43(24)26-7-8-33(38-16-26)40-31-14-23(18-41(2)36(31)48)28-9-10-37-34(30(28)20-46)45-35(47)29-15-25-6-4-5-11-44(25)32(29)17-39-45/h3,7-10,14-18,24,27,46H,1,4-6,11-13,19-22H2,2H3,(H,38,40). The fraction of sp³-hybridized carbons (Fsp3) is 0.361. The zero-order valence-electron chi connectivity index (χ0n) is 27.5. The number of nitrogens with zero attached hydrogens (tertiary/aromatic N) is 8. The molecule has 0 aliphatic carbocycles. The van der Waals surface area contributed by atoms with Crippen molar-refractivity contribution in [2.75, 3.05) is 43.1 Å². The van der Waals surface area contributed by atoms with Crippen LogP contribution in [0.4, 0.5) is 17.2 Å². The monoisotopic (exact) mass is 661 g/mol. The molecule has 2 saturated heterocycles. The van der Waals surface area contributed by atoms with Crippen LogP contribution in [0.2, 0.25) is 0 Å². The van der Waals surface area contributed by atoms with Crippen molar-refractivity contribution in [3.05, 3.63) is 99.7 Å². The van der Waals surface area contributed by atoms with Crippen molar-refractivity contribution in [3.63, 3.8) is 0 Å². The summed E-state index contributed by atoms with van der Waals surface area (Å²) in [6.07, 6.45) is 11.9. The van der Waals surface area contributed by atoms with Crippen LogP contribution in [0, 0.1) is 0 Å². The Morgan fingerprint density at radius 1 is 1.06 bits per heavy atom. The van der Waals surface area contributed by atoms with Gasteiger partial charge in [-0.3, -0.25) is 14.5 Å². The van der Waals surface area contributed by atoms with Gasteiger partial charge in [0.05, 0.1) is 60.9 Å². The van der Waals surface area contributed by atoms with Crippen LogP contribution in [0.5, 0.6) is 0 Å². The second kappa shape index (κ2) is 12.7. The van der Waals surface area contributed by atoms with Gasteiger partial charge in [-0.05, 0) is 55.2 Å². The van der Waals surface area contributed by atoms with Gasteiger partial charge in [0.25, 0.3) is 11.1 Å².